The number of rotatable bonds is 3. The first-order chi connectivity index (χ1) is 5.87. The van der Waals surface area contributed by atoms with Gasteiger partial charge in [0.25, 0.3) is 0 Å². The molecule has 0 amide bonds. The van der Waals surface area contributed by atoms with Crippen LogP contribution in [0, 0.1) is 0 Å². The van der Waals surface area contributed by atoms with Crippen molar-refractivity contribution in [3.05, 3.63) is 0 Å². The van der Waals surface area contributed by atoms with Gasteiger partial charge in [-0.05, 0) is 27.2 Å². The van der Waals surface area contributed by atoms with Crippen LogP contribution in [0.15, 0.2) is 0 Å². The van der Waals surface area contributed by atoms with Crippen LogP contribution in [-0.2, 0) is 14.8 Å². The van der Waals surface area contributed by atoms with Crippen LogP contribution >= 0.6 is 0 Å². The van der Waals surface area contributed by atoms with Gasteiger partial charge >= 0.3 is 0 Å². The summed E-state index contributed by atoms with van der Waals surface area (Å²) in [6.07, 6.45) is 0.756. The van der Waals surface area contributed by atoms with Gasteiger partial charge in [-0.15, -0.1) is 0 Å². The van der Waals surface area contributed by atoms with Crippen molar-refractivity contribution in [2.75, 3.05) is 12.4 Å². The molecule has 5 heteroatoms. The van der Waals surface area contributed by atoms with Crippen molar-refractivity contribution in [3.8, 4) is 0 Å². The molecule has 1 heterocycles. The zero-order valence-corrected chi connectivity index (χ0v) is 9.15. The first kappa shape index (κ1) is 10.9. The highest BCUT2D eigenvalue weighted by Gasteiger charge is 2.37. The van der Waals surface area contributed by atoms with Gasteiger partial charge in [-0.25, -0.2) is 13.1 Å². The van der Waals surface area contributed by atoms with E-state index in [9.17, 15) is 8.42 Å². The van der Waals surface area contributed by atoms with Gasteiger partial charge in [0.2, 0.25) is 10.0 Å². The molecule has 0 aliphatic carbocycles. The molecule has 1 unspecified atom stereocenters. The molecule has 0 aromatic carbocycles. The zero-order valence-electron chi connectivity index (χ0n) is 8.33. The average Bonchev–Trinajstić information content (AvgIpc) is 2.31. The zero-order chi connectivity index (χ0) is 10.1. The maximum absolute atomic E-state index is 11.3. The summed E-state index contributed by atoms with van der Waals surface area (Å²) in [4.78, 5) is 0. The highest BCUT2D eigenvalue weighted by Crippen LogP contribution is 2.25. The van der Waals surface area contributed by atoms with Gasteiger partial charge in [0.15, 0.2) is 0 Å². The van der Waals surface area contributed by atoms with Crippen LogP contribution in [0.2, 0.25) is 0 Å². The van der Waals surface area contributed by atoms with Crippen molar-refractivity contribution in [2.24, 2.45) is 0 Å². The van der Waals surface area contributed by atoms with Crippen LogP contribution in [0.4, 0.5) is 0 Å². The summed E-state index contributed by atoms with van der Waals surface area (Å²) < 4.78 is 30.6. The summed E-state index contributed by atoms with van der Waals surface area (Å²) in [5.41, 5.74) is -0.373. The lowest BCUT2D eigenvalue weighted by atomic mass is 10.0. The molecule has 13 heavy (non-hydrogen) atoms. The molecule has 1 rings (SSSR count). The van der Waals surface area contributed by atoms with Gasteiger partial charge in [-0.3, -0.25) is 0 Å². The van der Waals surface area contributed by atoms with Crippen LogP contribution in [0.1, 0.15) is 27.2 Å². The van der Waals surface area contributed by atoms with E-state index in [1.54, 1.807) is 6.92 Å². The number of nitrogens with one attached hydrogen (secondary N) is 1. The van der Waals surface area contributed by atoms with Crippen molar-refractivity contribution in [1.29, 1.82) is 0 Å². The molecule has 1 atom stereocenters. The topological polar surface area (TPSA) is 55.4 Å². The van der Waals surface area contributed by atoms with E-state index in [-0.39, 0.29) is 17.4 Å². The predicted octanol–water partition coefficient (Wildman–Crippen LogP) is 0.493. The van der Waals surface area contributed by atoms with E-state index in [4.69, 9.17) is 4.74 Å². The fraction of sp³-hybridized carbons (Fsp3) is 1.00. The maximum atomic E-state index is 11.3. The highest BCUT2D eigenvalue weighted by atomic mass is 32.2. The van der Waals surface area contributed by atoms with Crippen molar-refractivity contribution in [3.63, 3.8) is 0 Å². The summed E-state index contributed by atoms with van der Waals surface area (Å²) in [7, 11) is -3.10. The molecule has 0 aromatic rings. The maximum Gasteiger partial charge on any atom is 0.211 e. The van der Waals surface area contributed by atoms with E-state index >= 15 is 0 Å². The van der Waals surface area contributed by atoms with E-state index in [1.807, 2.05) is 13.8 Å². The minimum absolute atomic E-state index is 0.0857. The lowest BCUT2D eigenvalue weighted by Gasteiger charge is -2.26. The van der Waals surface area contributed by atoms with Crippen LogP contribution in [0.3, 0.4) is 0 Å². The van der Waals surface area contributed by atoms with Crippen LogP contribution < -0.4 is 4.72 Å². The first-order valence-corrected chi connectivity index (χ1v) is 6.16. The normalized spacial score (nSPS) is 27.8. The van der Waals surface area contributed by atoms with Gasteiger partial charge in [-0.1, -0.05) is 0 Å². The third kappa shape index (κ3) is 2.65. The number of sulfonamides is 1. The quantitative estimate of drug-likeness (QED) is 0.733. The molecule has 0 radical (unpaired) electrons. The van der Waals surface area contributed by atoms with E-state index in [0.29, 0.717) is 6.61 Å². The minimum atomic E-state index is -3.10. The monoisotopic (exact) mass is 207 g/mol. The van der Waals surface area contributed by atoms with Gasteiger partial charge in [0.05, 0.1) is 17.4 Å². The molecule has 1 N–H and O–H groups in total. The Morgan fingerprint density at radius 1 is 1.54 bits per heavy atom. The van der Waals surface area contributed by atoms with E-state index < -0.39 is 10.0 Å². The Labute approximate surface area is 79.7 Å². The Morgan fingerprint density at radius 2 is 2.15 bits per heavy atom. The molecule has 0 bridgehead atoms. The van der Waals surface area contributed by atoms with Crippen LogP contribution in [-0.4, -0.2) is 32.4 Å². The van der Waals surface area contributed by atoms with Crippen molar-refractivity contribution in [1.82, 2.24) is 4.72 Å². The highest BCUT2D eigenvalue weighted by molar-refractivity contribution is 7.89. The molecule has 0 saturated carbocycles. The Morgan fingerprint density at radius 3 is 2.54 bits per heavy atom. The summed E-state index contributed by atoms with van der Waals surface area (Å²) in [6.45, 7) is 6.07. The fourth-order valence-corrected chi connectivity index (χ4v) is 2.39. The lowest BCUT2D eigenvalue weighted by Crippen LogP contribution is -2.46. The molecular weight excluding hydrogens is 190 g/mol. The Bertz CT molecular complexity index is 271. The minimum Gasteiger partial charge on any atom is -0.374 e. The third-order valence-corrected chi connectivity index (χ3v) is 3.83. The molecular formula is C8H17NO3S. The standard InChI is InChI=1S/C8H17NO3S/c1-4-13(10,11)9-7-5-6-12-8(7,2)3/h7,9H,4-6H2,1-3H3. The van der Waals surface area contributed by atoms with Crippen molar-refractivity contribution < 1.29 is 13.2 Å². The third-order valence-electron chi connectivity index (χ3n) is 2.42. The van der Waals surface area contributed by atoms with Crippen molar-refractivity contribution in [2.45, 2.75) is 38.8 Å². The number of ether oxygens (including phenoxy) is 1. The summed E-state index contributed by atoms with van der Waals surface area (Å²) in [5.74, 6) is 0.125. The second kappa shape index (κ2) is 3.55. The summed E-state index contributed by atoms with van der Waals surface area (Å²) in [5, 5.41) is 0. The molecule has 0 spiro atoms. The summed E-state index contributed by atoms with van der Waals surface area (Å²) in [6, 6.07) is -0.0857. The Hall–Kier alpha value is -0.130. The molecule has 1 aliphatic heterocycles. The average molecular weight is 207 g/mol. The van der Waals surface area contributed by atoms with Crippen LogP contribution in [0.25, 0.3) is 0 Å². The van der Waals surface area contributed by atoms with E-state index in [0.717, 1.165) is 6.42 Å². The Kier molecular flexibility index (Phi) is 2.99. The second-order valence-electron chi connectivity index (χ2n) is 3.81. The predicted molar refractivity (Wildman–Crippen MR) is 51.0 cm³/mol. The van der Waals surface area contributed by atoms with Gasteiger partial charge in [-0.2, -0.15) is 0 Å². The van der Waals surface area contributed by atoms with Crippen LogP contribution in [0.5, 0.6) is 0 Å². The van der Waals surface area contributed by atoms with Gasteiger partial charge in [0, 0.05) is 6.61 Å². The smallest absolute Gasteiger partial charge is 0.211 e. The summed E-state index contributed by atoms with van der Waals surface area (Å²) >= 11 is 0. The molecule has 0 aromatic heterocycles. The van der Waals surface area contributed by atoms with E-state index in [1.165, 1.54) is 0 Å². The van der Waals surface area contributed by atoms with Crippen molar-refractivity contribution >= 4 is 10.0 Å². The molecule has 1 fully saturated rings. The molecule has 1 saturated heterocycles. The second-order valence-corrected chi connectivity index (χ2v) is 5.86. The molecule has 78 valence electrons. The molecule has 4 nitrogen and oxygen atoms in total. The largest absolute Gasteiger partial charge is 0.374 e. The SMILES string of the molecule is CCS(=O)(=O)NC1CCOC1(C)C. The fourth-order valence-electron chi connectivity index (χ4n) is 1.39. The Balaban J connectivity index is 2.65. The van der Waals surface area contributed by atoms with E-state index in [2.05, 4.69) is 4.72 Å². The first-order valence-electron chi connectivity index (χ1n) is 4.51. The lowest BCUT2D eigenvalue weighted by molar-refractivity contribution is 0.0256. The molecule has 1 aliphatic rings. The number of hydrogen-bond donors (Lipinski definition) is 1. The number of hydrogen-bond acceptors (Lipinski definition) is 3. The van der Waals surface area contributed by atoms with Gasteiger partial charge in [0.1, 0.15) is 0 Å². The van der Waals surface area contributed by atoms with Gasteiger partial charge < -0.3 is 4.74 Å².